The van der Waals surface area contributed by atoms with Crippen molar-refractivity contribution >= 4 is 11.7 Å². The molecule has 1 aliphatic heterocycles. The summed E-state index contributed by atoms with van der Waals surface area (Å²) in [5.41, 5.74) is 0. The van der Waals surface area contributed by atoms with Gasteiger partial charge in [0.25, 0.3) is 0 Å². The van der Waals surface area contributed by atoms with Crippen LogP contribution >= 0.6 is 0 Å². The summed E-state index contributed by atoms with van der Waals surface area (Å²) >= 11 is 0. The molecule has 1 aromatic heterocycles. The predicted molar refractivity (Wildman–Crippen MR) is 69.8 cm³/mol. The van der Waals surface area contributed by atoms with Gasteiger partial charge in [-0.15, -0.1) is 0 Å². The molecule has 1 atom stereocenters. The van der Waals surface area contributed by atoms with E-state index in [4.69, 9.17) is 4.74 Å². The van der Waals surface area contributed by atoms with Gasteiger partial charge in [0.05, 0.1) is 7.11 Å². The molecule has 0 aliphatic carbocycles. The number of piperidine rings is 1. The second kappa shape index (κ2) is 5.71. The summed E-state index contributed by atoms with van der Waals surface area (Å²) in [6.45, 7) is 3.33. The first-order chi connectivity index (χ1) is 8.69. The second-order valence-corrected chi connectivity index (χ2v) is 4.52. The van der Waals surface area contributed by atoms with E-state index in [1.54, 1.807) is 14.0 Å². The Labute approximate surface area is 107 Å². The second-order valence-electron chi connectivity index (χ2n) is 4.52. The van der Waals surface area contributed by atoms with E-state index < -0.39 is 0 Å². The van der Waals surface area contributed by atoms with E-state index in [1.165, 1.54) is 0 Å². The third-order valence-electron chi connectivity index (χ3n) is 3.07. The number of hydrogen-bond donors (Lipinski definition) is 1. The van der Waals surface area contributed by atoms with Crippen LogP contribution in [-0.2, 0) is 4.79 Å². The van der Waals surface area contributed by atoms with Gasteiger partial charge in [-0.1, -0.05) is 6.07 Å². The van der Waals surface area contributed by atoms with E-state index in [2.05, 4.69) is 15.2 Å². The largest absolute Gasteiger partial charge is 0.481 e. The molecule has 98 valence electrons. The van der Waals surface area contributed by atoms with Crippen LogP contribution in [0.2, 0.25) is 0 Å². The van der Waals surface area contributed by atoms with Crippen LogP contribution in [0, 0.1) is 0 Å². The molecule has 18 heavy (non-hydrogen) atoms. The molecule has 1 unspecified atom stereocenters. The van der Waals surface area contributed by atoms with Gasteiger partial charge in [0, 0.05) is 32.1 Å². The van der Waals surface area contributed by atoms with E-state index in [0.29, 0.717) is 5.88 Å². The van der Waals surface area contributed by atoms with Gasteiger partial charge >= 0.3 is 0 Å². The first-order valence-corrected chi connectivity index (χ1v) is 6.22. The normalized spacial score (nSPS) is 19.4. The molecular weight excluding hydrogens is 230 g/mol. The Morgan fingerprint density at radius 3 is 3.11 bits per heavy atom. The average Bonchev–Trinajstić information content (AvgIpc) is 2.38. The number of ether oxygens (including phenoxy) is 1. The summed E-state index contributed by atoms with van der Waals surface area (Å²) in [6.07, 6.45) is 2.09. The molecule has 1 aliphatic rings. The molecule has 1 amide bonds. The van der Waals surface area contributed by atoms with E-state index in [-0.39, 0.29) is 11.9 Å². The van der Waals surface area contributed by atoms with Gasteiger partial charge in [0.2, 0.25) is 11.8 Å². The number of carbonyl (C=O) groups excluding carboxylic acids is 1. The van der Waals surface area contributed by atoms with E-state index >= 15 is 0 Å². The van der Waals surface area contributed by atoms with Gasteiger partial charge in [-0.3, -0.25) is 4.79 Å². The lowest BCUT2D eigenvalue weighted by atomic mass is 10.1. The number of hydrogen-bond acceptors (Lipinski definition) is 4. The Morgan fingerprint density at radius 1 is 1.56 bits per heavy atom. The fourth-order valence-electron chi connectivity index (χ4n) is 2.28. The standard InChI is InChI=1S/C13H19N3O2/c1-10(17)14-11-5-4-8-16(9-11)12-6-3-7-13(15-12)18-2/h3,6-7,11H,4-5,8-9H2,1-2H3,(H,14,17). The van der Waals surface area contributed by atoms with E-state index in [0.717, 1.165) is 31.7 Å². The molecule has 0 bridgehead atoms. The van der Waals surface area contributed by atoms with Crippen molar-refractivity contribution in [3.8, 4) is 5.88 Å². The molecule has 1 aromatic rings. The highest BCUT2D eigenvalue weighted by Gasteiger charge is 2.21. The van der Waals surface area contributed by atoms with Gasteiger partial charge in [-0.05, 0) is 18.9 Å². The maximum Gasteiger partial charge on any atom is 0.217 e. The number of aromatic nitrogens is 1. The van der Waals surface area contributed by atoms with Crippen LogP contribution in [0.25, 0.3) is 0 Å². The average molecular weight is 249 g/mol. The van der Waals surface area contributed by atoms with Crippen molar-refractivity contribution in [2.24, 2.45) is 0 Å². The van der Waals surface area contributed by atoms with Crippen LogP contribution in [0.5, 0.6) is 5.88 Å². The minimum Gasteiger partial charge on any atom is -0.481 e. The molecule has 1 N–H and O–H groups in total. The number of nitrogens with one attached hydrogen (secondary N) is 1. The molecule has 5 heteroatoms. The Kier molecular flexibility index (Phi) is 4.02. The Balaban J connectivity index is 2.05. The minimum atomic E-state index is 0.0282. The highest BCUT2D eigenvalue weighted by atomic mass is 16.5. The van der Waals surface area contributed by atoms with E-state index in [1.807, 2.05) is 18.2 Å². The van der Waals surface area contributed by atoms with Gasteiger partial charge < -0.3 is 15.0 Å². The zero-order valence-corrected chi connectivity index (χ0v) is 10.8. The number of carbonyl (C=O) groups is 1. The number of methoxy groups -OCH3 is 1. The fourth-order valence-corrected chi connectivity index (χ4v) is 2.28. The zero-order chi connectivity index (χ0) is 13.0. The van der Waals surface area contributed by atoms with Crippen LogP contribution in [-0.4, -0.2) is 37.1 Å². The Bertz CT molecular complexity index is 422. The lowest BCUT2D eigenvalue weighted by Gasteiger charge is -2.33. The van der Waals surface area contributed by atoms with Crippen molar-refractivity contribution in [2.75, 3.05) is 25.1 Å². The third kappa shape index (κ3) is 3.12. The number of anilines is 1. The number of amides is 1. The summed E-state index contributed by atoms with van der Waals surface area (Å²) < 4.78 is 5.13. The van der Waals surface area contributed by atoms with Crippen molar-refractivity contribution in [3.63, 3.8) is 0 Å². The van der Waals surface area contributed by atoms with Crippen molar-refractivity contribution in [3.05, 3.63) is 18.2 Å². The monoisotopic (exact) mass is 249 g/mol. The molecule has 0 spiro atoms. The maximum absolute atomic E-state index is 11.1. The number of nitrogens with zero attached hydrogens (tertiary/aromatic N) is 2. The molecular formula is C13H19N3O2. The topological polar surface area (TPSA) is 54.5 Å². The van der Waals surface area contributed by atoms with Crippen LogP contribution in [0.15, 0.2) is 18.2 Å². The number of pyridine rings is 1. The SMILES string of the molecule is COc1cccc(N2CCCC(NC(C)=O)C2)n1. The van der Waals surface area contributed by atoms with Gasteiger partial charge in [-0.2, -0.15) is 4.98 Å². The molecule has 1 fully saturated rings. The summed E-state index contributed by atoms with van der Waals surface area (Å²) in [4.78, 5) is 17.7. The van der Waals surface area contributed by atoms with Crippen molar-refractivity contribution in [2.45, 2.75) is 25.8 Å². The lowest BCUT2D eigenvalue weighted by molar-refractivity contribution is -0.119. The summed E-state index contributed by atoms with van der Waals surface area (Å²) in [6, 6.07) is 5.95. The van der Waals surface area contributed by atoms with Crippen LogP contribution in [0.3, 0.4) is 0 Å². The maximum atomic E-state index is 11.1. The smallest absolute Gasteiger partial charge is 0.217 e. The van der Waals surface area contributed by atoms with Crippen molar-refractivity contribution in [1.82, 2.24) is 10.3 Å². The highest BCUT2D eigenvalue weighted by Crippen LogP contribution is 2.20. The van der Waals surface area contributed by atoms with Gasteiger partial charge in [0.1, 0.15) is 5.82 Å². The van der Waals surface area contributed by atoms with Crippen LogP contribution in [0.1, 0.15) is 19.8 Å². The fraction of sp³-hybridized carbons (Fsp3) is 0.538. The lowest BCUT2D eigenvalue weighted by Crippen LogP contribution is -2.47. The molecule has 5 nitrogen and oxygen atoms in total. The minimum absolute atomic E-state index is 0.0282. The molecule has 0 aromatic carbocycles. The Morgan fingerprint density at radius 2 is 2.39 bits per heavy atom. The molecule has 0 radical (unpaired) electrons. The number of rotatable bonds is 3. The first-order valence-electron chi connectivity index (χ1n) is 6.22. The van der Waals surface area contributed by atoms with Crippen LogP contribution in [0.4, 0.5) is 5.82 Å². The van der Waals surface area contributed by atoms with E-state index in [9.17, 15) is 4.79 Å². The Hall–Kier alpha value is -1.78. The van der Waals surface area contributed by atoms with Crippen molar-refractivity contribution < 1.29 is 9.53 Å². The molecule has 2 rings (SSSR count). The molecule has 2 heterocycles. The van der Waals surface area contributed by atoms with Crippen molar-refractivity contribution in [1.29, 1.82) is 0 Å². The van der Waals surface area contributed by atoms with Gasteiger partial charge in [-0.25, -0.2) is 0 Å². The highest BCUT2D eigenvalue weighted by molar-refractivity contribution is 5.73. The molecule has 0 saturated carbocycles. The first kappa shape index (κ1) is 12.7. The molecule has 1 saturated heterocycles. The quantitative estimate of drug-likeness (QED) is 0.874. The predicted octanol–water partition coefficient (Wildman–Crippen LogP) is 1.20. The zero-order valence-electron chi connectivity index (χ0n) is 10.8. The third-order valence-corrected chi connectivity index (χ3v) is 3.07. The van der Waals surface area contributed by atoms with Gasteiger partial charge in [0.15, 0.2) is 0 Å². The summed E-state index contributed by atoms with van der Waals surface area (Å²) in [5.74, 6) is 1.55. The van der Waals surface area contributed by atoms with Crippen LogP contribution < -0.4 is 15.0 Å². The summed E-state index contributed by atoms with van der Waals surface area (Å²) in [5, 5.41) is 2.97. The summed E-state index contributed by atoms with van der Waals surface area (Å²) in [7, 11) is 1.61.